The second kappa shape index (κ2) is 9.22. The van der Waals surface area contributed by atoms with Crippen LogP contribution in [0, 0.1) is 12.7 Å². The monoisotopic (exact) mass is 568 g/mol. The van der Waals surface area contributed by atoms with Gasteiger partial charge in [-0.2, -0.15) is 0 Å². The van der Waals surface area contributed by atoms with Crippen LogP contribution in [-0.4, -0.2) is 26.5 Å². The Balaban J connectivity index is 1.40. The summed E-state index contributed by atoms with van der Waals surface area (Å²) in [5.74, 6) is -1.34. The second-order valence-electron chi connectivity index (χ2n) is 11.4. The van der Waals surface area contributed by atoms with Crippen LogP contribution in [-0.2, 0) is 45.9 Å². The third-order valence-corrected chi connectivity index (χ3v) is 9.06. The first-order valence-electron chi connectivity index (χ1n) is 14.1. The van der Waals surface area contributed by atoms with Crippen molar-refractivity contribution in [3.05, 3.63) is 91.5 Å². The Morgan fingerprint density at radius 2 is 1.98 bits per heavy atom. The maximum Gasteiger partial charge on any atom is 0.343 e. The van der Waals surface area contributed by atoms with E-state index in [-0.39, 0.29) is 60.4 Å². The minimum atomic E-state index is -1.95. The number of nitrogens with zero attached hydrogens (tertiary/aromatic N) is 2. The number of halogens is 1. The lowest BCUT2D eigenvalue weighted by Crippen LogP contribution is -2.44. The molecule has 2 aromatic carbocycles. The highest BCUT2D eigenvalue weighted by molar-refractivity contribution is 5.94. The van der Waals surface area contributed by atoms with Gasteiger partial charge in [0.1, 0.15) is 12.4 Å². The van der Waals surface area contributed by atoms with Gasteiger partial charge >= 0.3 is 5.97 Å². The van der Waals surface area contributed by atoms with Crippen molar-refractivity contribution >= 4 is 28.5 Å². The third kappa shape index (κ3) is 3.71. The lowest BCUT2D eigenvalue weighted by molar-refractivity contribution is -0.172. The maximum absolute atomic E-state index is 15.1. The number of carbonyl (C=O) groups excluding carboxylic acids is 2. The summed E-state index contributed by atoms with van der Waals surface area (Å²) in [5.41, 5.74) is 9.67. The molecule has 0 fully saturated rings. The van der Waals surface area contributed by atoms with Gasteiger partial charge in [0.05, 0.1) is 41.5 Å². The quantitative estimate of drug-likeness (QED) is 0.223. The van der Waals surface area contributed by atoms with Crippen LogP contribution in [0.5, 0.6) is 0 Å². The highest BCUT2D eigenvalue weighted by atomic mass is 19.1. The summed E-state index contributed by atoms with van der Waals surface area (Å²) in [6.07, 6.45) is 1.31. The number of carbonyl (C=O) groups is 2. The van der Waals surface area contributed by atoms with E-state index in [0.717, 1.165) is 27.6 Å². The standard InChI is InChI=1S/C32H29FN4O5/c1-3-32(41)21-11-25-29-19(13-37(25)30(39)20(21)14-42-31(32)40)28-23(35-26(38)10-16-4-6-17(34)7-5-16)9-8-18-15(2)22(33)12-24(36-29)27(18)28/h4-7,11-12,23,41H,3,8-10,13-14,34H2,1-2H3,(H,35,38)/t23-,32-/m0/s1. The Hall–Kier alpha value is -4.57. The maximum atomic E-state index is 15.1. The molecular weight excluding hydrogens is 539 g/mol. The largest absolute Gasteiger partial charge is 0.458 e. The first-order valence-corrected chi connectivity index (χ1v) is 14.1. The number of pyridine rings is 2. The molecule has 4 aromatic rings. The third-order valence-electron chi connectivity index (χ3n) is 9.06. The Kier molecular flexibility index (Phi) is 5.78. The molecule has 0 spiro atoms. The molecule has 0 saturated carbocycles. The molecule has 2 aliphatic heterocycles. The van der Waals surface area contributed by atoms with E-state index < -0.39 is 11.6 Å². The molecule has 214 valence electrons. The van der Waals surface area contributed by atoms with Gasteiger partial charge in [-0.25, -0.2) is 14.2 Å². The number of ether oxygens (including phenoxy) is 1. The van der Waals surface area contributed by atoms with E-state index in [0.29, 0.717) is 41.0 Å². The SMILES string of the molecule is CC[C@@]1(O)C(=O)OCc2c1cc1n(c2=O)Cc2c-1nc1cc(F)c(C)c3c1c2[C@@H](NC(=O)Cc1ccc(N)cc1)CC3. The van der Waals surface area contributed by atoms with Gasteiger partial charge in [-0.05, 0) is 66.6 Å². The van der Waals surface area contributed by atoms with Crippen LogP contribution < -0.4 is 16.6 Å². The minimum absolute atomic E-state index is 0.0287. The number of hydrogen-bond donors (Lipinski definition) is 3. The number of nitrogens with one attached hydrogen (secondary N) is 1. The number of cyclic esters (lactones) is 1. The van der Waals surface area contributed by atoms with Crippen molar-refractivity contribution in [2.45, 2.75) is 64.3 Å². The predicted octanol–water partition coefficient (Wildman–Crippen LogP) is 3.46. The Morgan fingerprint density at radius 3 is 2.71 bits per heavy atom. The van der Waals surface area contributed by atoms with Gasteiger partial charge in [0.25, 0.3) is 5.56 Å². The summed E-state index contributed by atoms with van der Waals surface area (Å²) in [6, 6.07) is 9.79. The van der Waals surface area contributed by atoms with E-state index in [2.05, 4.69) is 5.32 Å². The number of aryl methyl sites for hydroxylation is 1. The van der Waals surface area contributed by atoms with Crippen LogP contribution in [0.2, 0.25) is 0 Å². The van der Waals surface area contributed by atoms with Gasteiger partial charge in [0.2, 0.25) is 5.91 Å². The highest BCUT2D eigenvalue weighted by Gasteiger charge is 2.46. The first kappa shape index (κ1) is 26.3. The van der Waals surface area contributed by atoms with Crippen molar-refractivity contribution in [2.24, 2.45) is 0 Å². The Bertz CT molecular complexity index is 1920. The lowest BCUT2D eigenvalue weighted by atomic mass is 9.81. The van der Waals surface area contributed by atoms with Gasteiger partial charge in [-0.15, -0.1) is 0 Å². The summed E-state index contributed by atoms with van der Waals surface area (Å²) < 4.78 is 21.9. The number of esters is 1. The molecule has 42 heavy (non-hydrogen) atoms. The second-order valence-corrected chi connectivity index (χ2v) is 11.4. The average Bonchev–Trinajstić information content (AvgIpc) is 3.34. The summed E-state index contributed by atoms with van der Waals surface area (Å²) in [6.45, 7) is 3.35. The molecule has 1 aliphatic carbocycles. The highest BCUT2D eigenvalue weighted by Crippen LogP contribution is 2.46. The number of anilines is 1. The molecule has 10 heteroatoms. The zero-order chi connectivity index (χ0) is 29.5. The molecule has 4 N–H and O–H groups in total. The van der Waals surface area contributed by atoms with Crippen molar-refractivity contribution in [1.29, 1.82) is 0 Å². The summed E-state index contributed by atoms with van der Waals surface area (Å²) in [4.78, 5) is 44.4. The van der Waals surface area contributed by atoms with Crippen LogP contribution >= 0.6 is 0 Å². The fraction of sp³-hybridized carbons (Fsp3) is 0.312. The van der Waals surface area contributed by atoms with E-state index in [1.54, 1.807) is 36.6 Å². The zero-order valence-corrected chi connectivity index (χ0v) is 23.2. The van der Waals surface area contributed by atoms with Crippen molar-refractivity contribution in [1.82, 2.24) is 14.9 Å². The molecular formula is C32H29FN4O5. The van der Waals surface area contributed by atoms with Crippen LogP contribution in [0.25, 0.3) is 22.3 Å². The van der Waals surface area contributed by atoms with Gasteiger partial charge < -0.3 is 25.5 Å². The Morgan fingerprint density at radius 1 is 1.21 bits per heavy atom. The van der Waals surface area contributed by atoms with Crippen molar-refractivity contribution < 1.29 is 23.8 Å². The first-order chi connectivity index (χ1) is 20.1. The fourth-order valence-electron chi connectivity index (χ4n) is 6.77. The van der Waals surface area contributed by atoms with Gasteiger partial charge in [0, 0.05) is 28.3 Å². The van der Waals surface area contributed by atoms with Crippen molar-refractivity contribution in [3.63, 3.8) is 0 Å². The van der Waals surface area contributed by atoms with E-state index in [9.17, 15) is 19.5 Å². The van der Waals surface area contributed by atoms with Crippen LogP contribution in [0.4, 0.5) is 10.1 Å². The van der Waals surface area contributed by atoms with E-state index >= 15 is 4.39 Å². The van der Waals surface area contributed by atoms with Gasteiger partial charge in [0.15, 0.2) is 5.60 Å². The molecule has 9 nitrogen and oxygen atoms in total. The average molecular weight is 569 g/mol. The molecule has 3 aliphatic rings. The van der Waals surface area contributed by atoms with Crippen LogP contribution in [0.15, 0.2) is 41.2 Å². The van der Waals surface area contributed by atoms with E-state index in [1.807, 2.05) is 12.1 Å². The Labute approximate surface area is 240 Å². The fourth-order valence-corrected chi connectivity index (χ4v) is 6.77. The zero-order valence-electron chi connectivity index (χ0n) is 23.2. The predicted molar refractivity (Wildman–Crippen MR) is 153 cm³/mol. The van der Waals surface area contributed by atoms with E-state index in [4.69, 9.17) is 15.5 Å². The molecule has 2 atom stereocenters. The number of nitrogen functional groups attached to an aromatic ring is 1. The van der Waals surface area contributed by atoms with Gasteiger partial charge in [-0.1, -0.05) is 19.1 Å². The number of nitrogens with two attached hydrogens (primary N) is 1. The smallest absolute Gasteiger partial charge is 0.343 e. The summed E-state index contributed by atoms with van der Waals surface area (Å²) in [7, 11) is 0. The lowest BCUT2D eigenvalue weighted by Gasteiger charge is -2.31. The summed E-state index contributed by atoms with van der Waals surface area (Å²) in [5, 5.41) is 15.2. The van der Waals surface area contributed by atoms with E-state index in [1.165, 1.54) is 6.07 Å². The number of hydrogen-bond acceptors (Lipinski definition) is 7. The topological polar surface area (TPSA) is 137 Å². The van der Waals surface area contributed by atoms with Crippen molar-refractivity contribution in [3.8, 4) is 11.4 Å². The molecule has 1 amide bonds. The molecule has 2 aromatic heterocycles. The number of aromatic nitrogens is 2. The normalized spacial score (nSPS) is 20.1. The molecule has 4 heterocycles. The molecule has 0 unspecified atom stereocenters. The molecule has 0 radical (unpaired) electrons. The van der Waals surface area contributed by atoms with Crippen molar-refractivity contribution in [2.75, 3.05) is 5.73 Å². The number of fused-ring (bicyclic) bond motifs is 5. The number of amides is 1. The molecule has 0 bridgehead atoms. The molecule has 0 saturated heterocycles. The van der Waals surface area contributed by atoms with Gasteiger partial charge in [-0.3, -0.25) is 9.59 Å². The number of aliphatic hydroxyl groups is 1. The van der Waals surface area contributed by atoms with Crippen LogP contribution in [0.1, 0.15) is 64.8 Å². The molecule has 7 rings (SSSR count). The number of benzene rings is 2. The minimum Gasteiger partial charge on any atom is -0.458 e. The van der Waals surface area contributed by atoms with Crippen LogP contribution in [0.3, 0.4) is 0 Å². The number of rotatable bonds is 4. The summed E-state index contributed by atoms with van der Waals surface area (Å²) >= 11 is 0.